The molecule has 0 bridgehead atoms. The van der Waals surface area contributed by atoms with E-state index in [0.717, 1.165) is 17.5 Å². The van der Waals surface area contributed by atoms with E-state index >= 15 is 0 Å². The molecule has 21 heavy (non-hydrogen) atoms. The monoisotopic (exact) mass is 296 g/mol. The summed E-state index contributed by atoms with van der Waals surface area (Å²) in [7, 11) is 0. The molecule has 1 N–H and O–H groups in total. The van der Waals surface area contributed by atoms with Gasteiger partial charge in [0.2, 0.25) is 0 Å². The highest BCUT2D eigenvalue weighted by Gasteiger charge is 2.37. The number of anilines is 1. The van der Waals surface area contributed by atoms with Crippen LogP contribution in [0.4, 0.5) is 5.69 Å². The SMILES string of the molecule is O=Cc1cccc(C2NC(=S)N(c3ccccc3)C2=O)c1. The van der Waals surface area contributed by atoms with E-state index in [9.17, 15) is 9.59 Å². The summed E-state index contributed by atoms with van der Waals surface area (Å²) in [6.07, 6.45) is 0.760. The van der Waals surface area contributed by atoms with Gasteiger partial charge >= 0.3 is 0 Å². The smallest absolute Gasteiger partial charge is 0.260 e. The molecular weight excluding hydrogens is 284 g/mol. The van der Waals surface area contributed by atoms with Crippen molar-refractivity contribution in [2.45, 2.75) is 6.04 Å². The number of carbonyl (C=O) groups excluding carboxylic acids is 2. The Morgan fingerprint density at radius 3 is 2.57 bits per heavy atom. The maximum Gasteiger partial charge on any atom is 0.260 e. The summed E-state index contributed by atoms with van der Waals surface area (Å²) in [4.78, 5) is 24.9. The second-order valence-corrected chi connectivity index (χ2v) is 5.07. The number of para-hydroxylation sites is 1. The molecule has 1 amide bonds. The summed E-state index contributed by atoms with van der Waals surface area (Å²) < 4.78 is 0. The van der Waals surface area contributed by atoms with Crippen LogP contribution in [0.1, 0.15) is 22.0 Å². The third-order valence-corrected chi connectivity index (χ3v) is 3.63. The van der Waals surface area contributed by atoms with Crippen molar-refractivity contribution >= 4 is 35.2 Å². The van der Waals surface area contributed by atoms with Gasteiger partial charge in [-0.2, -0.15) is 0 Å². The Kier molecular flexibility index (Phi) is 3.50. The van der Waals surface area contributed by atoms with E-state index in [-0.39, 0.29) is 5.91 Å². The highest BCUT2D eigenvalue weighted by atomic mass is 32.1. The van der Waals surface area contributed by atoms with Crippen LogP contribution in [0.25, 0.3) is 0 Å². The molecule has 104 valence electrons. The van der Waals surface area contributed by atoms with Crippen molar-refractivity contribution in [2.24, 2.45) is 0 Å². The molecule has 1 aliphatic heterocycles. The highest BCUT2D eigenvalue weighted by Crippen LogP contribution is 2.27. The fraction of sp³-hybridized carbons (Fsp3) is 0.0625. The molecule has 1 aliphatic rings. The van der Waals surface area contributed by atoms with E-state index in [4.69, 9.17) is 12.2 Å². The maximum absolute atomic E-state index is 12.6. The first-order valence-corrected chi connectivity index (χ1v) is 6.86. The zero-order valence-electron chi connectivity index (χ0n) is 11.0. The molecule has 0 radical (unpaired) electrons. The third-order valence-electron chi connectivity index (χ3n) is 3.33. The number of carbonyl (C=O) groups is 2. The number of hydrogen-bond acceptors (Lipinski definition) is 3. The number of amides is 1. The fourth-order valence-electron chi connectivity index (χ4n) is 2.34. The lowest BCUT2D eigenvalue weighted by Crippen LogP contribution is -2.30. The average Bonchev–Trinajstić information content (AvgIpc) is 2.83. The van der Waals surface area contributed by atoms with Crippen LogP contribution in [0.2, 0.25) is 0 Å². The van der Waals surface area contributed by atoms with E-state index in [1.807, 2.05) is 30.3 Å². The van der Waals surface area contributed by atoms with E-state index in [2.05, 4.69) is 5.32 Å². The minimum atomic E-state index is -0.558. The summed E-state index contributed by atoms with van der Waals surface area (Å²) in [5.74, 6) is -0.144. The molecule has 0 spiro atoms. The maximum atomic E-state index is 12.6. The molecule has 2 aromatic rings. The van der Waals surface area contributed by atoms with Crippen LogP contribution in [0.3, 0.4) is 0 Å². The number of thiocarbonyl (C=S) groups is 1. The summed E-state index contributed by atoms with van der Waals surface area (Å²) in [6, 6.07) is 15.6. The summed E-state index contributed by atoms with van der Waals surface area (Å²) in [5.41, 5.74) is 1.99. The topological polar surface area (TPSA) is 49.4 Å². The lowest BCUT2D eigenvalue weighted by Gasteiger charge is -2.14. The first-order valence-electron chi connectivity index (χ1n) is 6.45. The van der Waals surface area contributed by atoms with Crippen molar-refractivity contribution in [2.75, 3.05) is 4.90 Å². The number of rotatable bonds is 3. The molecule has 5 heteroatoms. The molecular formula is C16H12N2O2S. The summed E-state index contributed by atoms with van der Waals surface area (Å²) >= 11 is 5.26. The standard InChI is InChI=1S/C16H12N2O2S/c19-10-11-5-4-6-12(9-11)14-15(20)18(16(21)17-14)13-7-2-1-3-8-13/h1-10,14H,(H,17,21). The van der Waals surface area contributed by atoms with Crippen molar-refractivity contribution < 1.29 is 9.59 Å². The lowest BCUT2D eigenvalue weighted by atomic mass is 10.0. The minimum absolute atomic E-state index is 0.144. The summed E-state index contributed by atoms with van der Waals surface area (Å²) in [6.45, 7) is 0. The lowest BCUT2D eigenvalue weighted by molar-refractivity contribution is -0.118. The van der Waals surface area contributed by atoms with Crippen molar-refractivity contribution in [1.82, 2.24) is 5.32 Å². The molecule has 0 aromatic heterocycles. The Hall–Kier alpha value is -2.53. The van der Waals surface area contributed by atoms with E-state index in [1.54, 1.807) is 24.3 Å². The van der Waals surface area contributed by atoms with Crippen molar-refractivity contribution in [1.29, 1.82) is 0 Å². The van der Waals surface area contributed by atoms with Crippen molar-refractivity contribution in [3.63, 3.8) is 0 Å². The molecule has 0 saturated carbocycles. The molecule has 4 nitrogen and oxygen atoms in total. The first kappa shape index (κ1) is 13.5. The van der Waals surface area contributed by atoms with Gasteiger partial charge < -0.3 is 5.32 Å². The quantitative estimate of drug-likeness (QED) is 0.698. The second-order valence-electron chi connectivity index (χ2n) is 4.68. The largest absolute Gasteiger partial charge is 0.346 e. The Morgan fingerprint density at radius 2 is 1.86 bits per heavy atom. The predicted octanol–water partition coefficient (Wildman–Crippen LogP) is 2.46. The second kappa shape index (κ2) is 5.46. The van der Waals surface area contributed by atoms with Crippen LogP contribution in [-0.2, 0) is 4.79 Å². The zero-order chi connectivity index (χ0) is 14.8. The zero-order valence-corrected chi connectivity index (χ0v) is 11.8. The van der Waals surface area contributed by atoms with Crippen LogP contribution in [0.5, 0.6) is 0 Å². The van der Waals surface area contributed by atoms with Gasteiger partial charge in [-0.3, -0.25) is 14.5 Å². The Bertz CT molecular complexity index is 715. The number of nitrogens with zero attached hydrogens (tertiary/aromatic N) is 1. The van der Waals surface area contributed by atoms with E-state index < -0.39 is 6.04 Å². The molecule has 1 atom stereocenters. The van der Waals surface area contributed by atoms with Crippen LogP contribution < -0.4 is 10.2 Å². The van der Waals surface area contributed by atoms with E-state index in [0.29, 0.717) is 10.7 Å². The van der Waals surface area contributed by atoms with Crippen LogP contribution in [-0.4, -0.2) is 17.3 Å². The summed E-state index contributed by atoms with van der Waals surface area (Å²) in [5, 5.41) is 3.38. The van der Waals surface area contributed by atoms with Gasteiger partial charge in [-0.25, -0.2) is 0 Å². The molecule has 1 unspecified atom stereocenters. The molecule has 2 aromatic carbocycles. The average molecular weight is 296 g/mol. The molecule has 3 rings (SSSR count). The van der Waals surface area contributed by atoms with Crippen LogP contribution in [0, 0.1) is 0 Å². The first-order chi connectivity index (χ1) is 10.2. The number of aldehydes is 1. The molecule has 1 heterocycles. The minimum Gasteiger partial charge on any atom is -0.346 e. The van der Waals surface area contributed by atoms with Gasteiger partial charge in [0.25, 0.3) is 5.91 Å². The van der Waals surface area contributed by atoms with Gasteiger partial charge in [-0.05, 0) is 36.0 Å². The predicted molar refractivity (Wildman–Crippen MR) is 84.2 cm³/mol. The van der Waals surface area contributed by atoms with Crippen LogP contribution in [0.15, 0.2) is 54.6 Å². The Morgan fingerprint density at radius 1 is 1.10 bits per heavy atom. The highest BCUT2D eigenvalue weighted by molar-refractivity contribution is 7.80. The fourth-order valence-corrected chi connectivity index (χ4v) is 2.65. The van der Waals surface area contributed by atoms with Crippen molar-refractivity contribution in [3.05, 3.63) is 65.7 Å². The molecule has 1 saturated heterocycles. The molecule has 1 fully saturated rings. The Balaban J connectivity index is 1.95. The van der Waals surface area contributed by atoms with Gasteiger partial charge in [-0.15, -0.1) is 0 Å². The number of benzene rings is 2. The van der Waals surface area contributed by atoms with Crippen LogP contribution >= 0.6 is 12.2 Å². The third kappa shape index (κ3) is 2.43. The van der Waals surface area contributed by atoms with Gasteiger partial charge in [0.1, 0.15) is 12.3 Å². The Labute approximate surface area is 127 Å². The normalized spacial score (nSPS) is 17.7. The van der Waals surface area contributed by atoms with Gasteiger partial charge in [0.05, 0.1) is 5.69 Å². The van der Waals surface area contributed by atoms with Gasteiger partial charge in [0.15, 0.2) is 5.11 Å². The van der Waals surface area contributed by atoms with Gasteiger partial charge in [-0.1, -0.05) is 36.4 Å². The van der Waals surface area contributed by atoms with E-state index in [1.165, 1.54) is 4.90 Å². The number of nitrogens with one attached hydrogen (secondary N) is 1. The number of hydrogen-bond donors (Lipinski definition) is 1. The van der Waals surface area contributed by atoms with Crippen molar-refractivity contribution in [3.8, 4) is 0 Å². The molecule has 0 aliphatic carbocycles. The van der Waals surface area contributed by atoms with Gasteiger partial charge in [0, 0.05) is 5.56 Å².